The quantitative estimate of drug-likeness (QED) is 0.582. The molecule has 0 spiro atoms. The Labute approximate surface area is 163 Å². The molecule has 0 aromatic heterocycles. The molecular formula is C21H22N4O3. The molecule has 0 aliphatic rings. The van der Waals surface area contributed by atoms with Crippen LogP contribution in [0.5, 0.6) is 0 Å². The standard InChI is InChI=1S/C21H22N4O3/c1-4-16-7-5-9-18(11-16)25-20(27)13-22-21(28)23-14(2)17-8-6-10-19(12-17)24-15(3)26/h1,5-12,14H,13H2,2-3H3,(H,24,26)(H,25,27)(H2,22,23,28). The Morgan fingerprint density at radius 2 is 1.71 bits per heavy atom. The lowest BCUT2D eigenvalue weighted by molar-refractivity contribution is -0.115. The fourth-order valence-corrected chi connectivity index (χ4v) is 2.47. The number of anilines is 2. The van der Waals surface area contributed by atoms with E-state index in [9.17, 15) is 14.4 Å². The highest BCUT2D eigenvalue weighted by Gasteiger charge is 2.11. The number of urea groups is 1. The number of terminal acetylenes is 1. The zero-order valence-electron chi connectivity index (χ0n) is 15.7. The molecule has 7 heteroatoms. The third-order valence-electron chi connectivity index (χ3n) is 3.78. The van der Waals surface area contributed by atoms with Crippen LogP contribution in [0.4, 0.5) is 16.2 Å². The van der Waals surface area contributed by atoms with Gasteiger partial charge in [0, 0.05) is 23.9 Å². The van der Waals surface area contributed by atoms with Gasteiger partial charge in [-0.05, 0) is 42.8 Å². The Kier molecular flexibility index (Phi) is 7.17. The van der Waals surface area contributed by atoms with Crippen LogP contribution in [-0.4, -0.2) is 24.4 Å². The third-order valence-corrected chi connectivity index (χ3v) is 3.78. The number of carbonyl (C=O) groups excluding carboxylic acids is 3. The van der Waals surface area contributed by atoms with Crippen LogP contribution in [0, 0.1) is 12.3 Å². The van der Waals surface area contributed by atoms with Gasteiger partial charge in [0.25, 0.3) is 0 Å². The number of hydrogen-bond donors (Lipinski definition) is 4. The first-order chi connectivity index (χ1) is 13.4. The molecule has 2 aromatic rings. The van der Waals surface area contributed by atoms with Gasteiger partial charge in [-0.1, -0.05) is 24.1 Å². The molecule has 4 N–H and O–H groups in total. The monoisotopic (exact) mass is 378 g/mol. The molecule has 0 aliphatic heterocycles. The first kappa shape index (κ1) is 20.5. The summed E-state index contributed by atoms with van der Waals surface area (Å²) >= 11 is 0. The highest BCUT2D eigenvalue weighted by atomic mass is 16.2. The van der Waals surface area contributed by atoms with Crippen molar-refractivity contribution < 1.29 is 14.4 Å². The van der Waals surface area contributed by atoms with E-state index in [2.05, 4.69) is 27.2 Å². The molecule has 7 nitrogen and oxygen atoms in total. The molecule has 0 radical (unpaired) electrons. The Balaban J connectivity index is 1.83. The summed E-state index contributed by atoms with van der Waals surface area (Å²) in [6.45, 7) is 3.04. The van der Waals surface area contributed by atoms with Crippen LogP contribution in [0.2, 0.25) is 0 Å². The summed E-state index contributed by atoms with van der Waals surface area (Å²) < 4.78 is 0. The largest absolute Gasteiger partial charge is 0.332 e. The number of rotatable bonds is 6. The molecule has 2 rings (SSSR count). The van der Waals surface area contributed by atoms with Gasteiger partial charge in [0.2, 0.25) is 11.8 Å². The van der Waals surface area contributed by atoms with E-state index in [4.69, 9.17) is 6.42 Å². The van der Waals surface area contributed by atoms with Crippen molar-refractivity contribution in [1.82, 2.24) is 10.6 Å². The maximum absolute atomic E-state index is 12.0. The maximum atomic E-state index is 12.0. The van der Waals surface area contributed by atoms with E-state index < -0.39 is 6.03 Å². The molecule has 0 saturated heterocycles. The van der Waals surface area contributed by atoms with Crippen molar-refractivity contribution in [3.8, 4) is 12.3 Å². The Morgan fingerprint density at radius 3 is 2.39 bits per heavy atom. The Hall–Kier alpha value is -3.79. The summed E-state index contributed by atoms with van der Waals surface area (Å²) in [4.78, 5) is 35.2. The predicted octanol–water partition coefficient (Wildman–Crippen LogP) is 2.63. The zero-order chi connectivity index (χ0) is 20.5. The highest BCUT2D eigenvalue weighted by molar-refractivity contribution is 5.94. The molecule has 0 fully saturated rings. The zero-order valence-corrected chi connectivity index (χ0v) is 15.7. The number of carbonyl (C=O) groups is 3. The summed E-state index contributed by atoms with van der Waals surface area (Å²) in [5.74, 6) is 1.95. The lowest BCUT2D eigenvalue weighted by Gasteiger charge is -2.16. The van der Waals surface area contributed by atoms with Gasteiger partial charge in [0.15, 0.2) is 0 Å². The van der Waals surface area contributed by atoms with E-state index in [1.165, 1.54) is 6.92 Å². The van der Waals surface area contributed by atoms with Crippen LogP contribution in [0.15, 0.2) is 48.5 Å². The summed E-state index contributed by atoms with van der Waals surface area (Å²) in [5, 5.41) is 10.6. The summed E-state index contributed by atoms with van der Waals surface area (Å²) in [6, 6.07) is 13.2. The van der Waals surface area contributed by atoms with Gasteiger partial charge < -0.3 is 21.3 Å². The topological polar surface area (TPSA) is 99.3 Å². The van der Waals surface area contributed by atoms with Crippen molar-refractivity contribution in [2.24, 2.45) is 0 Å². The highest BCUT2D eigenvalue weighted by Crippen LogP contribution is 2.17. The second-order valence-corrected chi connectivity index (χ2v) is 6.13. The van der Waals surface area contributed by atoms with Crippen molar-refractivity contribution >= 4 is 29.2 Å². The predicted molar refractivity (Wildman–Crippen MR) is 109 cm³/mol. The number of nitrogens with one attached hydrogen (secondary N) is 4. The van der Waals surface area contributed by atoms with Crippen LogP contribution in [0.3, 0.4) is 0 Å². The molecule has 4 amide bonds. The molecule has 0 bridgehead atoms. The fourth-order valence-electron chi connectivity index (χ4n) is 2.47. The molecule has 0 heterocycles. The number of hydrogen-bond acceptors (Lipinski definition) is 3. The van der Waals surface area contributed by atoms with Crippen LogP contribution in [-0.2, 0) is 9.59 Å². The van der Waals surface area contributed by atoms with Crippen molar-refractivity contribution in [1.29, 1.82) is 0 Å². The number of amides is 4. The molecule has 0 aliphatic carbocycles. The second-order valence-electron chi connectivity index (χ2n) is 6.13. The molecule has 144 valence electrons. The smallest absolute Gasteiger partial charge is 0.315 e. The van der Waals surface area contributed by atoms with Gasteiger partial charge in [0.1, 0.15) is 0 Å². The first-order valence-corrected chi connectivity index (χ1v) is 8.66. The van der Waals surface area contributed by atoms with Gasteiger partial charge in [-0.15, -0.1) is 6.42 Å². The van der Waals surface area contributed by atoms with E-state index in [-0.39, 0.29) is 24.4 Å². The molecule has 2 aromatic carbocycles. The summed E-state index contributed by atoms with van der Waals surface area (Å²) in [6.07, 6.45) is 5.33. The van der Waals surface area contributed by atoms with E-state index >= 15 is 0 Å². The Morgan fingerprint density at radius 1 is 1.04 bits per heavy atom. The van der Waals surface area contributed by atoms with Crippen LogP contribution >= 0.6 is 0 Å². The van der Waals surface area contributed by atoms with Crippen molar-refractivity contribution in [2.75, 3.05) is 17.2 Å². The molecule has 0 saturated carbocycles. The third kappa shape index (κ3) is 6.50. The van der Waals surface area contributed by atoms with E-state index in [1.807, 2.05) is 6.07 Å². The van der Waals surface area contributed by atoms with E-state index in [0.717, 1.165) is 5.56 Å². The summed E-state index contributed by atoms with van der Waals surface area (Å²) in [7, 11) is 0. The lowest BCUT2D eigenvalue weighted by atomic mass is 10.1. The second kappa shape index (κ2) is 9.78. The normalized spacial score (nSPS) is 10.9. The summed E-state index contributed by atoms with van der Waals surface area (Å²) in [5.41, 5.74) is 2.68. The average Bonchev–Trinajstić information content (AvgIpc) is 2.66. The first-order valence-electron chi connectivity index (χ1n) is 8.66. The van der Waals surface area contributed by atoms with Gasteiger partial charge in [-0.3, -0.25) is 9.59 Å². The minimum absolute atomic E-state index is 0.172. The van der Waals surface area contributed by atoms with Gasteiger partial charge in [-0.25, -0.2) is 4.79 Å². The molecule has 28 heavy (non-hydrogen) atoms. The van der Waals surface area contributed by atoms with Crippen molar-refractivity contribution in [3.63, 3.8) is 0 Å². The fraction of sp³-hybridized carbons (Fsp3) is 0.190. The minimum atomic E-state index is -0.482. The van der Waals surface area contributed by atoms with E-state index in [0.29, 0.717) is 16.9 Å². The van der Waals surface area contributed by atoms with Gasteiger partial charge in [-0.2, -0.15) is 0 Å². The van der Waals surface area contributed by atoms with Crippen LogP contribution < -0.4 is 21.3 Å². The van der Waals surface area contributed by atoms with Crippen molar-refractivity contribution in [2.45, 2.75) is 19.9 Å². The van der Waals surface area contributed by atoms with Gasteiger partial charge >= 0.3 is 6.03 Å². The van der Waals surface area contributed by atoms with Crippen LogP contribution in [0.1, 0.15) is 31.0 Å². The minimum Gasteiger partial charge on any atom is -0.332 e. The maximum Gasteiger partial charge on any atom is 0.315 e. The SMILES string of the molecule is C#Cc1cccc(NC(=O)CNC(=O)NC(C)c2cccc(NC(C)=O)c2)c1. The van der Waals surface area contributed by atoms with Crippen LogP contribution in [0.25, 0.3) is 0 Å². The molecule has 1 atom stereocenters. The molecular weight excluding hydrogens is 356 g/mol. The Bertz CT molecular complexity index is 918. The number of benzene rings is 2. The van der Waals surface area contributed by atoms with Crippen molar-refractivity contribution in [3.05, 3.63) is 59.7 Å². The van der Waals surface area contributed by atoms with Gasteiger partial charge in [0.05, 0.1) is 12.6 Å². The molecule has 1 unspecified atom stereocenters. The van der Waals surface area contributed by atoms with E-state index in [1.54, 1.807) is 49.4 Å². The lowest BCUT2D eigenvalue weighted by Crippen LogP contribution is -2.41. The average molecular weight is 378 g/mol.